The number of carbonyl (C=O) groups is 1. The van der Waals surface area contributed by atoms with Crippen LogP contribution in [-0.2, 0) is 0 Å². The molecule has 2 aromatic carbocycles. The molecule has 1 N–H and O–H groups in total. The molecule has 1 aliphatic rings. The number of benzene rings is 2. The van der Waals surface area contributed by atoms with Crippen molar-refractivity contribution >= 4 is 22.5 Å². The average molecular weight is 264 g/mol. The van der Waals surface area contributed by atoms with Crippen molar-refractivity contribution in [3.05, 3.63) is 54.2 Å². The molecule has 4 heteroatoms. The maximum absolute atomic E-state index is 12.6. The number of anilines is 1. The van der Waals surface area contributed by atoms with Gasteiger partial charge < -0.3 is 14.6 Å². The minimum atomic E-state index is -0.0962. The van der Waals surface area contributed by atoms with E-state index in [2.05, 4.69) is 4.98 Å². The molecule has 98 valence electrons. The monoisotopic (exact) mass is 264 g/mol. The van der Waals surface area contributed by atoms with Crippen molar-refractivity contribution in [2.45, 2.75) is 0 Å². The molecular formula is C16H12N2O2. The number of fused-ring (bicyclic) bond motifs is 4. The van der Waals surface area contributed by atoms with Crippen molar-refractivity contribution in [1.29, 1.82) is 0 Å². The summed E-state index contributed by atoms with van der Waals surface area (Å²) in [5.74, 6) is 1.19. The molecule has 4 rings (SSSR count). The molecule has 0 spiro atoms. The zero-order valence-corrected chi connectivity index (χ0v) is 10.9. The van der Waals surface area contributed by atoms with Crippen molar-refractivity contribution in [3.63, 3.8) is 0 Å². The van der Waals surface area contributed by atoms with E-state index in [9.17, 15) is 4.79 Å². The number of aromatic amines is 1. The van der Waals surface area contributed by atoms with Crippen molar-refractivity contribution in [1.82, 2.24) is 4.98 Å². The van der Waals surface area contributed by atoms with Crippen LogP contribution >= 0.6 is 0 Å². The van der Waals surface area contributed by atoms with Crippen LogP contribution < -0.4 is 9.64 Å². The van der Waals surface area contributed by atoms with Crippen LogP contribution in [0.3, 0.4) is 0 Å². The first-order chi connectivity index (χ1) is 9.75. The minimum Gasteiger partial charge on any atom is -0.452 e. The second-order valence-corrected chi connectivity index (χ2v) is 4.81. The molecule has 0 fully saturated rings. The molecule has 0 saturated heterocycles. The van der Waals surface area contributed by atoms with Gasteiger partial charge in [0.05, 0.1) is 5.69 Å². The summed E-state index contributed by atoms with van der Waals surface area (Å²) in [4.78, 5) is 17.3. The van der Waals surface area contributed by atoms with E-state index in [-0.39, 0.29) is 5.91 Å². The van der Waals surface area contributed by atoms with Crippen LogP contribution in [-0.4, -0.2) is 17.9 Å². The topological polar surface area (TPSA) is 45.3 Å². The van der Waals surface area contributed by atoms with Crippen LogP contribution in [0.15, 0.2) is 48.5 Å². The lowest BCUT2D eigenvalue weighted by Crippen LogP contribution is -2.25. The van der Waals surface area contributed by atoms with Crippen LogP contribution in [0.4, 0.5) is 5.69 Å². The zero-order chi connectivity index (χ0) is 13.7. The van der Waals surface area contributed by atoms with Gasteiger partial charge in [0.2, 0.25) is 0 Å². The Morgan fingerprint density at radius 2 is 1.80 bits per heavy atom. The summed E-state index contributed by atoms with van der Waals surface area (Å²) in [6.07, 6.45) is 0. The highest BCUT2D eigenvalue weighted by atomic mass is 16.5. The van der Waals surface area contributed by atoms with Gasteiger partial charge in [0.15, 0.2) is 11.5 Å². The summed E-state index contributed by atoms with van der Waals surface area (Å²) < 4.78 is 6.00. The molecule has 0 unspecified atom stereocenters. The number of nitrogens with one attached hydrogen (secondary N) is 1. The maximum Gasteiger partial charge on any atom is 0.278 e. The highest BCUT2D eigenvalue weighted by Gasteiger charge is 2.28. The lowest BCUT2D eigenvalue weighted by atomic mass is 10.2. The van der Waals surface area contributed by atoms with E-state index in [0.717, 1.165) is 16.6 Å². The van der Waals surface area contributed by atoms with Gasteiger partial charge in [0, 0.05) is 18.0 Å². The van der Waals surface area contributed by atoms with Crippen molar-refractivity contribution < 1.29 is 9.53 Å². The Balaban J connectivity index is 2.04. The van der Waals surface area contributed by atoms with Gasteiger partial charge in [0.25, 0.3) is 5.91 Å². The van der Waals surface area contributed by atoms with Crippen molar-refractivity contribution in [2.24, 2.45) is 0 Å². The number of amides is 1. The van der Waals surface area contributed by atoms with Gasteiger partial charge in [-0.25, -0.2) is 0 Å². The summed E-state index contributed by atoms with van der Waals surface area (Å²) >= 11 is 0. The van der Waals surface area contributed by atoms with E-state index >= 15 is 0 Å². The number of ether oxygens (including phenoxy) is 1. The van der Waals surface area contributed by atoms with Gasteiger partial charge in [-0.05, 0) is 24.3 Å². The molecule has 0 radical (unpaired) electrons. The van der Waals surface area contributed by atoms with Gasteiger partial charge in [0.1, 0.15) is 5.69 Å². The van der Waals surface area contributed by atoms with E-state index in [0.29, 0.717) is 17.2 Å². The first-order valence-corrected chi connectivity index (χ1v) is 6.41. The standard InChI is InChI=1S/C16H12N2O2/c1-18-12-8-4-5-9-13(12)20-15-10-6-2-3-7-11(10)17-14(15)16(18)19/h2-9,17H,1H3. The first-order valence-electron chi connectivity index (χ1n) is 6.41. The fourth-order valence-corrected chi connectivity index (χ4v) is 2.58. The minimum absolute atomic E-state index is 0.0962. The summed E-state index contributed by atoms with van der Waals surface area (Å²) in [5.41, 5.74) is 2.16. The normalized spacial score (nSPS) is 13.7. The fourth-order valence-electron chi connectivity index (χ4n) is 2.58. The Morgan fingerprint density at radius 3 is 2.70 bits per heavy atom. The van der Waals surface area contributed by atoms with E-state index in [1.165, 1.54) is 0 Å². The number of aromatic nitrogens is 1. The Kier molecular flexibility index (Phi) is 2.15. The van der Waals surface area contributed by atoms with Crippen LogP contribution in [0.5, 0.6) is 11.5 Å². The maximum atomic E-state index is 12.6. The lowest BCUT2D eigenvalue weighted by molar-refractivity contribution is 0.0989. The van der Waals surface area contributed by atoms with Crippen LogP contribution in [0.25, 0.3) is 10.9 Å². The lowest BCUT2D eigenvalue weighted by Gasteiger charge is -2.15. The molecule has 2 heterocycles. The first kappa shape index (κ1) is 11.1. The second-order valence-electron chi connectivity index (χ2n) is 4.81. The van der Waals surface area contributed by atoms with E-state index in [1.54, 1.807) is 11.9 Å². The van der Waals surface area contributed by atoms with Crippen LogP contribution in [0, 0.1) is 0 Å². The molecular weight excluding hydrogens is 252 g/mol. The Hall–Kier alpha value is -2.75. The quantitative estimate of drug-likeness (QED) is 0.675. The van der Waals surface area contributed by atoms with Crippen molar-refractivity contribution in [2.75, 3.05) is 11.9 Å². The number of hydrogen-bond acceptors (Lipinski definition) is 2. The fraction of sp³-hybridized carbons (Fsp3) is 0.0625. The number of H-pyrrole nitrogens is 1. The summed E-state index contributed by atoms with van der Waals surface area (Å²) in [5, 5.41) is 0.918. The molecule has 1 amide bonds. The summed E-state index contributed by atoms with van der Waals surface area (Å²) in [6, 6.07) is 15.3. The van der Waals surface area contributed by atoms with Crippen molar-refractivity contribution in [3.8, 4) is 11.5 Å². The molecule has 0 aliphatic carbocycles. The van der Waals surface area contributed by atoms with Gasteiger partial charge in [-0.3, -0.25) is 4.79 Å². The molecule has 20 heavy (non-hydrogen) atoms. The SMILES string of the molecule is CN1C(=O)c2[nH]c3ccccc3c2Oc2ccccc21. The number of carbonyl (C=O) groups excluding carboxylic acids is 1. The number of hydrogen-bond donors (Lipinski definition) is 1. The largest absolute Gasteiger partial charge is 0.452 e. The summed E-state index contributed by atoms with van der Waals surface area (Å²) in [7, 11) is 1.76. The third-order valence-corrected chi connectivity index (χ3v) is 3.62. The van der Waals surface area contributed by atoms with E-state index < -0.39 is 0 Å². The Morgan fingerprint density at radius 1 is 1.05 bits per heavy atom. The zero-order valence-electron chi connectivity index (χ0n) is 10.9. The van der Waals surface area contributed by atoms with E-state index in [1.807, 2.05) is 48.5 Å². The molecule has 1 aliphatic heterocycles. The average Bonchev–Trinajstić information content (AvgIpc) is 2.81. The van der Waals surface area contributed by atoms with Gasteiger partial charge in [-0.1, -0.05) is 24.3 Å². The highest BCUT2D eigenvalue weighted by Crippen LogP contribution is 2.41. The molecule has 4 nitrogen and oxygen atoms in total. The Bertz CT molecular complexity index is 835. The van der Waals surface area contributed by atoms with E-state index in [4.69, 9.17) is 4.74 Å². The predicted octanol–water partition coefficient (Wildman–Crippen LogP) is 3.55. The summed E-state index contributed by atoms with van der Waals surface area (Å²) in [6.45, 7) is 0. The van der Waals surface area contributed by atoms with Crippen LogP contribution in [0.1, 0.15) is 10.5 Å². The molecule has 0 atom stereocenters. The van der Waals surface area contributed by atoms with Gasteiger partial charge in [-0.2, -0.15) is 0 Å². The number of rotatable bonds is 0. The number of para-hydroxylation sites is 3. The smallest absolute Gasteiger partial charge is 0.278 e. The highest BCUT2D eigenvalue weighted by molar-refractivity contribution is 6.12. The molecule has 3 aromatic rings. The predicted molar refractivity (Wildman–Crippen MR) is 77.5 cm³/mol. The van der Waals surface area contributed by atoms with Crippen LogP contribution in [0.2, 0.25) is 0 Å². The molecule has 0 bridgehead atoms. The second kappa shape index (κ2) is 3.87. The third-order valence-electron chi connectivity index (χ3n) is 3.62. The third kappa shape index (κ3) is 1.39. The van der Waals surface area contributed by atoms with Gasteiger partial charge >= 0.3 is 0 Å². The Labute approximate surface area is 115 Å². The molecule has 1 aromatic heterocycles. The number of nitrogens with zero attached hydrogens (tertiary/aromatic N) is 1. The van der Waals surface area contributed by atoms with Gasteiger partial charge in [-0.15, -0.1) is 0 Å². The molecule has 0 saturated carbocycles.